The molecule has 0 fully saturated rings. The lowest BCUT2D eigenvalue weighted by molar-refractivity contribution is -0.140. The second-order valence-corrected chi connectivity index (χ2v) is 8.65. The Labute approximate surface area is 162 Å². The molecule has 0 spiro atoms. The van der Waals surface area contributed by atoms with Gasteiger partial charge in [-0.25, -0.2) is 0 Å². The first-order chi connectivity index (χ1) is 12.6. The molecule has 1 aromatic rings. The third-order valence-corrected chi connectivity index (χ3v) is 4.79. The van der Waals surface area contributed by atoms with Crippen molar-refractivity contribution in [3.63, 3.8) is 0 Å². The van der Waals surface area contributed by atoms with E-state index in [9.17, 15) is 9.59 Å². The van der Waals surface area contributed by atoms with Gasteiger partial charge in [0.25, 0.3) is 5.91 Å². The maximum Gasteiger partial charge on any atom is 0.272 e. The Hall–Kier alpha value is -1.89. The molecule has 2 heterocycles. The maximum atomic E-state index is 12.7. The third kappa shape index (κ3) is 5.31. The number of nitrogens with zero attached hydrogens (tertiary/aromatic N) is 3. The molecule has 0 aromatic carbocycles. The van der Waals surface area contributed by atoms with E-state index in [0.29, 0.717) is 37.9 Å². The van der Waals surface area contributed by atoms with Crippen LogP contribution in [-0.4, -0.2) is 53.3 Å². The number of carbonyl (C=O) groups is 2. The van der Waals surface area contributed by atoms with Crippen LogP contribution in [0.3, 0.4) is 0 Å². The van der Waals surface area contributed by atoms with Crippen molar-refractivity contribution >= 4 is 11.8 Å². The molecule has 1 aliphatic heterocycles. The summed E-state index contributed by atoms with van der Waals surface area (Å²) in [5, 5.41) is 7.48. The van der Waals surface area contributed by atoms with Gasteiger partial charge < -0.3 is 15.0 Å². The number of hydrogen-bond acceptors (Lipinski definition) is 4. The van der Waals surface area contributed by atoms with E-state index in [4.69, 9.17) is 4.74 Å². The zero-order valence-electron chi connectivity index (χ0n) is 17.6. The molecule has 0 saturated carbocycles. The normalized spacial score (nSPS) is 14.4. The Morgan fingerprint density at radius 3 is 2.59 bits per heavy atom. The van der Waals surface area contributed by atoms with E-state index in [2.05, 4.69) is 24.3 Å². The van der Waals surface area contributed by atoms with E-state index >= 15 is 0 Å². The van der Waals surface area contributed by atoms with Crippen molar-refractivity contribution in [1.82, 2.24) is 20.0 Å². The van der Waals surface area contributed by atoms with Crippen LogP contribution in [0, 0.1) is 11.3 Å². The summed E-state index contributed by atoms with van der Waals surface area (Å²) in [6.07, 6.45) is 1.73. The lowest BCUT2D eigenvalue weighted by atomic mass is 9.93. The van der Waals surface area contributed by atoms with Crippen molar-refractivity contribution in [3.05, 3.63) is 17.0 Å². The molecule has 1 N–H and O–H groups in total. The fourth-order valence-corrected chi connectivity index (χ4v) is 3.24. The predicted octanol–water partition coefficient (Wildman–Crippen LogP) is 2.24. The van der Waals surface area contributed by atoms with Crippen LogP contribution in [0.2, 0.25) is 0 Å². The second-order valence-electron chi connectivity index (χ2n) is 8.65. The van der Waals surface area contributed by atoms with Gasteiger partial charge in [-0.05, 0) is 12.3 Å². The van der Waals surface area contributed by atoms with Crippen LogP contribution < -0.4 is 5.32 Å². The Morgan fingerprint density at radius 2 is 2.00 bits per heavy atom. The third-order valence-electron chi connectivity index (χ3n) is 4.79. The number of rotatable bonds is 7. The fourth-order valence-electron chi connectivity index (χ4n) is 3.24. The van der Waals surface area contributed by atoms with Crippen LogP contribution in [-0.2, 0) is 29.0 Å². The van der Waals surface area contributed by atoms with Gasteiger partial charge in [-0.2, -0.15) is 5.10 Å². The van der Waals surface area contributed by atoms with Crippen molar-refractivity contribution in [1.29, 1.82) is 0 Å². The monoisotopic (exact) mass is 378 g/mol. The Balaban J connectivity index is 2.28. The van der Waals surface area contributed by atoms with Gasteiger partial charge in [0, 0.05) is 56.4 Å². The molecule has 0 atom stereocenters. The molecule has 152 valence electrons. The molecular formula is C20H34N4O3. The fraction of sp³-hybridized carbons (Fsp3) is 0.750. The van der Waals surface area contributed by atoms with Crippen LogP contribution >= 0.6 is 0 Å². The van der Waals surface area contributed by atoms with E-state index < -0.39 is 5.41 Å². The predicted molar refractivity (Wildman–Crippen MR) is 104 cm³/mol. The first-order valence-electron chi connectivity index (χ1n) is 9.80. The molecule has 0 bridgehead atoms. The number of nitrogens with one attached hydrogen (secondary N) is 1. The highest BCUT2D eigenvalue weighted by molar-refractivity contribution is 5.94. The van der Waals surface area contributed by atoms with Gasteiger partial charge in [0.05, 0.1) is 6.61 Å². The van der Waals surface area contributed by atoms with E-state index in [1.165, 1.54) is 0 Å². The quantitative estimate of drug-likeness (QED) is 0.738. The number of ether oxygens (including phenoxy) is 1. The number of fused-ring (bicyclic) bond motifs is 1. The smallest absolute Gasteiger partial charge is 0.272 e. The first-order valence-corrected chi connectivity index (χ1v) is 9.80. The molecule has 1 aliphatic rings. The minimum atomic E-state index is -0.438. The van der Waals surface area contributed by atoms with E-state index in [-0.39, 0.29) is 11.8 Å². The van der Waals surface area contributed by atoms with E-state index in [0.717, 1.165) is 30.6 Å². The standard InChI is InChI=1S/C20H34N4O3/c1-14(2)7-11-24-16-8-10-23(19(26)20(3,4)5)13-15(16)17(22-24)18(25)21-9-12-27-6/h14H,7-13H2,1-6H3,(H,21,25). The molecule has 1 aromatic heterocycles. The van der Waals surface area contributed by atoms with Crippen molar-refractivity contribution in [2.75, 3.05) is 26.8 Å². The van der Waals surface area contributed by atoms with Gasteiger partial charge >= 0.3 is 0 Å². The molecule has 7 nitrogen and oxygen atoms in total. The van der Waals surface area contributed by atoms with Gasteiger partial charge in [0.15, 0.2) is 5.69 Å². The number of hydrogen-bond donors (Lipinski definition) is 1. The summed E-state index contributed by atoms with van der Waals surface area (Å²) in [5.74, 6) is 0.469. The van der Waals surface area contributed by atoms with Gasteiger partial charge in [0.2, 0.25) is 5.91 Å². The minimum Gasteiger partial charge on any atom is -0.383 e. The highest BCUT2D eigenvalue weighted by atomic mass is 16.5. The number of aromatic nitrogens is 2. The summed E-state index contributed by atoms with van der Waals surface area (Å²) in [4.78, 5) is 27.2. The molecule has 7 heteroatoms. The van der Waals surface area contributed by atoms with Gasteiger partial charge in [-0.15, -0.1) is 0 Å². The Bertz CT molecular complexity index is 674. The molecule has 0 saturated heterocycles. The number of amides is 2. The summed E-state index contributed by atoms with van der Waals surface area (Å²) in [6.45, 7) is 12.9. The molecule has 0 aliphatic carbocycles. The molecular weight excluding hydrogens is 344 g/mol. The van der Waals surface area contributed by atoms with Crippen LogP contribution in [0.4, 0.5) is 0 Å². The molecule has 2 amide bonds. The lowest BCUT2D eigenvalue weighted by Gasteiger charge is -2.33. The molecule has 0 radical (unpaired) electrons. The van der Waals surface area contributed by atoms with Gasteiger partial charge in [-0.3, -0.25) is 14.3 Å². The van der Waals surface area contributed by atoms with E-state index in [1.807, 2.05) is 30.4 Å². The van der Waals surface area contributed by atoms with Crippen LogP contribution in [0.15, 0.2) is 0 Å². The SMILES string of the molecule is COCCNC(=O)c1nn(CCC(C)C)c2c1CN(C(=O)C(C)(C)C)CC2. The maximum absolute atomic E-state index is 12.7. The number of methoxy groups -OCH3 is 1. The van der Waals surface area contributed by atoms with Crippen LogP contribution in [0.1, 0.15) is 62.8 Å². The summed E-state index contributed by atoms with van der Waals surface area (Å²) >= 11 is 0. The zero-order valence-corrected chi connectivity index (χ0v) is 17.6. The highest BCUT2D eigenvalue weighted by Crippen LogP contribution is 2.27. The molecule has 2 rings (SSSR count). The van der Waals surface area contributed by atoms with E-state index in [1.54, 1.807) is 7.11 Å². The zero-order chi connectivity index (χ0) is 20.2. The van der Waals surface area contributed by atoms with Crippen molar-refractivity contribution in [3.8, 4) is 0 Å². The largest absolute Gasteiger partial charge is 0.383 e. The summed E-state index contributed by atoms with van der Waals surface area (Å²) < 4.78 is 6.98. The van der Waals surface area contributed by atoms with Crippen LogP contribution in [0.25, 0.3) is 0 Å². The topological polar surface area (TPSA) is 76.5 Å². The second kappa shape index (κ2) is 8.87. The average molecular weight is 379 g/mol. The first kappa shape index (κ1) is 21.4. The molecule has 27 heavy (non-hydrogen) atoms. The van der Waals surface area contributed by atoms with Crippen molar-refractivity contribution in [2.45, 2.75) is 60.5 Å². The van der Waals surface area contributed by atoms with Crippen LogP contribution in [0.5, 0.6) is 0 Å². The summed E-state index contributed by atoms with van der Waals surface area (Å²) in [5.41, 5.74) is 1.98. The number of aryl methyl sites for hydroxylation is 1. The van der Waals surface area contributed by atoms with Gasteiger partial charge in [-0.1, -0.05) is 34.6 Å². The number of carbonyl (C=O) groups excluding carboxylic acids is 2. The Morgan fingerprint density at radius 1 is 1.30 bits per heavy atom. The van der Waals surface area contributed by atoms with Gasteiger partial charge in [0.1, 0.15) is 0 Å². The lowest BCUT2D eigenvalue weighted by Crippen LogP contribution is -2.43. The van der Waals surface area contributed by atoms with Crippen molar-refractivity contribution < 1.29 is 14.3 Å². The van der Waals surface area contributed by atoms with Crippen molar-refractivity contribution in [2.24, 2.45) is 11.3 Å². The molecule has 0 unspecified atom stereocenters. The Kier molecular flexibility index (Phi) is 7.03. The summed E-state index contributed by atoms with van der Waals surface area (Å²) in [6, 6.07) is 0. The average Bonchev–Trinajstić information content (AvgIpc) is 2.96. The minimum absolute atomic E-state index is 0.105. The summed E-state index contributed by atoms with van der Waals surface area (Å²) in [7, 11) is 1.60. The highest BCUT2D eigenvalue weighted by Gasteiger charge is 2.34.